The van der Waals surface area contributed by atoms with E-state index in [2.05, 4.69) is 5.32 Å². The number of para-hydroxylation sites is 1. The van der Waals surface area contributed by atoms with E-state index in [0.717, 1.165) is 11.1 Å². The van der Waals surface area contributed by atoms with Gasteiger partial charge in [0.25, 0.3) is 0 Å². The number of fused-ring (bicyclic) bond motifs is 1. The van der Waals surface area contributed by atoms with Gasteiger partial charge in [0.1, 0.15) is 5.82 Å². The van der Waals surface area contributed by atoms with Crippen molar-refractivity contribution in [2.75, 3.05) is 17.1 Å². The molecule has 0 fully saturated rings. The normalized spacial score (nSPS) is 16.8. The highest BCUT2D eigenvalue weighted by Gasteiger charge is 2.30. The van der Waals surface area contributed by atoms with Crippen LogP contribution in [0.5, 0.6) is 0 Å². The van der Waals surface area contributed by atoms with Crippen LogP contribution in [0.3, 0.4) is 0 Å². The molecule has 26 heavy (non-hydrogen) atoms. The molecule has 2 aromatic rings. The van der Waals surface area contributed by atoms with Crippen LogP contribution in [0, 0.1) is 5.82 Å². The lowest BCUT2D eigenvalue weighted by Crippen LogP contribution is -2.40. The van der Waals surface area contributed by atoms with E-state index in [0.29, 0.717) is 25.1 Å². The van der Waals surface area contributed by atoms with Crippen molar-refractivity contribution in [3.63, 3.8) is 0 Å². The maximum Gasteiger partial charge on any atom is 0.232 e. The molecule has 1 unspecified atom stereocenters. The molecular formula is C19H21FN2O3S. The lowest BCUT2D eigenvalue weighted by Gasteiger charge is -2.34. The van der Waals surface area contributed by atoms with Gasteiger partial charge in [-0.15, -0.1) is 0 Å². The quantitative estimate of drug-likeness (QED) is 0.873. The number of halogens is 1. The number of hydrogen-bond donors (Lipinski definition) is 1. The van der Waals surface area contributed by atoms with E-state index in [1.165, 1.54) is 22.7 Å². The fraction of sp³-hybridized carbons (Fsp3) is 0.316. The van der Waals surface area contributed by atoms with E-state index >= 15 is 0 Å². The maximum atomic E-state index is 13.2. The molecule has 1 aliphatic heterocycles. The number of benzene rings is 2. The van der Waals surface area contributed by atoms with Crippen LogP contribution in [0.4, 0.5) is 10.1 Å². The first-order valence-electron chi connectivity index (χ1n) is 8.45. The predicted molar refractivity (Wildman–Crippen MR) is 98.9 cm³/mol. The molecule has 7 heteroatoms. The van der Waals surface area contributed by atoms with E-state index in [1.54, 1.807) is 24.3 Å². The Bertz CT molecular complexity index is 915. The lowest BCUT2D eigenvalue weighted by molar-refractivity contribution is -0.121. The highest BCUT2D eigenvalue weighted by Crippen LogP contribution is 2.35. The highest BCUT2D eigenvalue weighted by molar-refractivity contribution is 7.92. The number of rotatable bonds is 5. The maximum absolute atomic E-state index is 13.2. The van der Waals surface area contributed by atoms with Gasteiger partial charge in [0, 0.05) is 13.0 Å². The van der Waals surface area contributed by atoms with Crippen molar-refractivity contribution in [1.29, 1.82) is 0 Å². The standard InChI is InChI=1S/C19H21FN2O3S/c1-26(24,25)22-12-11-17(16-7-2-3-8-18(16)22)21-19(23)10-9-14-5-4-6-15(20)13-14/h2-8,13,17H,9-12H2,1H3,(H,21,23). The molecule has 0 bridgehead atoms. The Balaban J connectivity index is 1.69. The molecular weight excluding hydrogens is 355 g/mol. The van der Waals surface area contributed by atoms with Crippen LogP contribution in [-0.4, -0.2) is 27.1 Å². The summed E-state index contributed by atoms with van der Waals surface area (Å²) in [7, 11) is -3.36. The van der Waals surface area contributed by atoms with E-state index in [1.807, 2.05) is 12.1 Å². The van der Waals surface area contributed by atoms with Crippen molar-refractivity contribution >= 4 is 21.6 Å². The van der Waals surface area contributed by atoms with Crippen molar-refractivity contribution in [1.82, 2.24) is 5.32 Å². The molecule has 5 nitrogen and oxygen atoms in total. The zero-order chi connectivity index (χ0) is 18.7. The average Bonchev–Trinajstić information content (AvgIpc) is 2.59. The number of hydrogen-bond acceptors (Lipinski definition) is 3. The molecule has 0 saturated heterocycles. The topological polar surface area (TPSA) is 66.5 Å². The summed E-state index contributed by atoms with van der Waals surface area (Å²) in [5, 5.41) is 2.98. The van der Waals surface area contributed by atoms with Gasteiger partial charge in [-0.1, -0.05) is 30.3 Å². The molecule has 0 spiro atoms. The monoisotopic (exact) mass is 376 g/mol. The molecule has 1 atom stereocenters. The van der Waals surface area contributed by atoms with Crippen LogP contribution in [0.25, 0.3) is 0 Å². The first kappa shape index (κ1) is 18.4. The molecule has 138 valence electrons. The smallest absolute Gasteiger partial charge is 0.232 e. The third-order valence-electron chi connectivity index (χ3n) is 4.47. The minimum absolute atomic E-state index is 0.137. The van der Waals surface area contributed by atoms with Gasteiger partial charge in [0.2, 0.25) is 15.9 Å². The van der Waals surface area contributed by atoms with Gasteiger partial charge in [0.15, 0.2) is 0 Å². The van der Waals surface area contributed by atoms with Crippen molar-refractivity contribution in [2.24, 2.45) is 0 Å². The predicted octanol–water partition coefficient (Wildman–Crippen LogP) is 2.79. The molecule has 0 aromatic heterocycles. The second-order valence-electron chi connectivity index (χ2n) is 6.43. The summed E-state index contributed by atoms with van der Waals surface area (Å²) < 4.78 is 38.5. The molecule has 0 saturated carbocycles. The summed E-state index contributed by atoms with van der Waals surface area (Å²) in [5.41, 5.74) is 2.17. The Morgan fingerprint density at radius 3 is 2.73 bits per heavy atom. The van der Waals surface area contributed by atoms with Crippen LogP contribution in [0.15, 0.2) is 48.5 Å². The minimum atomic E-state index is -3.36. The minimum Gasteiger partial charge on any atom is -0.349 e. The Morgan fingerprint density at radius 1 is 1.23 bits per heavy atom. The summed E-state index contributed by atoms with van der Waals surface area (Å²) in [6, 6.07) is 13.2. The van der Waals surface area contributed by atoms with Gasteiger partial charge in [-0.25, -0.2) is 12.8 Å². The SMILES string of the molecule is CS(=O)(=O)N1CCC(NC(=O)CCc2cccc(F)c2)c2ccccc21. The molecule has 1 heterocycles. The first-order chi connectivity index (χ1) is 12.3. The van der Waals surface area contributed by atoms with Gasteiger partial charge in [-0.3, -0.25) is 9.10 Å². The molecule has 2 aromatic carbocycles. The molecule has 3 rings (SSSR count). The summed E-state index contributed by atoms with van der Waals surface area (Å²) >= 11 is 0. The first-order valence-corrected chi connectivity index (χ1v) is 10.3. The number of amides is 1. The summed E-state index contributed by atoms with van der Waals surface area (Å²) in [6.07, 6.45) is 2.39. The molecule has 1 aliphatic rings. The van der Waals surface area contributed by atoms with Crippen LogP contribution in [0.2, 0.25) is 0 Å². The Kier molecular flexibility index (Phi) is 5.27. The number of anilines is 1. The zero-order valence-corrected chi connectivity index (χ0v) is 15.3. The van der Waals surface area contributed by atoms with Crippen molar-refractivity contribution in [3.8, 4) is 0 Å². The number of nitrogens with one attached hydrogen (secondary N) is 1. The van der Waals surface area contributed by atoms with Crippen LogP contribution in [0.1, 0.15) is 30.0 Å². The van der Waals surface area contributed by atoms with Gasteiger partial charge in [-0.05, 0) is 42.2 Å². The van der Waals surface area contributed by atoms with Crippen molar-refractivity contribution < 1.29 is 17.6 Å². The van der Waals surface area contributed by atoms with Gasteiger partial charge in [-0.2, -0.15) is 0 Å². The number of nitrogens with zero attached hydrogens (tertiary/aromatic N) is 1. The van der Waals surface area contributed by atoms with Crippen LogP contribution in [-0.2, 0) is 21.2 Å². The molecule has 1 N–H and O–H groups in total. The highest BCUT2D eigenvalue weighted by atomic mass is 32.2. The molecule has 1 amide bonds. The van der Waals surface area contributed by atoms with E-state index in [9.17, 15) is 17.6 Å². The number of sulfonamides is 1. The number of aryl methyl sites for hydroxylation is 1. The number of carbonyl (C=O) groups excluding carboxylic acids is 1. The van der Waals surface area contributed by atoms with Gasteiger partial charge < -0.3 is 5.32 Å². The van der Waals surface area contributed by atoms with Crippen LogP contribution >= 0.6 is 0 Å². The Morgan fingerprint density at radius 2 is 2.00 bits per heavy atom. The molecule has 0 aliphatic carbocycles. The second kappa shape index (κ2) is 7.45. The summed E-state index contributed by atoms with van der Waals surface area (Å²) in [6.45, 7) is 0.324. The fourth-order valence-electron chi connectivity index (χ4n) is 3.24. The third-order valence-corrected chi connectivity index (χ3v) is 5.65. The average molecular weight is 376 g/mol. The van der Waals surface area contributed by atoms with Gasteiger partial charge >= 0.3 is 0 Å². The molecule has 0 radical (unpaired) electrons. The number of carbonyl (C=O) groups is 1. The second-order valence-corrected chi connectivity index (χ2v) is 8.34. The van der Waals surface area contributed by atoms with Crippen molar-refractivity contribution in [2.45, 2.75) is 25.3 Å². The largest absolute Gasteiger partial charge is 0.349 e. The summed E-state index contributed by atoms with van der Waals surface area (Å²) in [5.74, 6) is -0.452. The Hall–Kier alpha value is -2.41. The third kappa shape index (κ3) is 4.22. The summed E-state index contributed by atoms with van der Waals surface area (Å²) in [4.78, 5) is 12.3. The fourth-order valence-corrected chi connectivity index (χ4v) is 4.20. The van der Waals surface area contributed by atoms with Gasteiger partial charge in [0.05, 0.1) is 18.0 Å². The van der Waals surface area contributed by atoms with Crippen molar-refractivity contribution in [3.05, 3.63) is 65.5 Å². The van der Waals surface area contributed by atoms with E-state index < -0.39 is 10.0 Å². The van der Waals surface area contributed by atoms with E-state index in [-0.39, 0.29) is 24.2 Å². The van der Waals surface area contributed by atoms with E-state index in [4.69, 9.17) is 0 Å². The zero-order valence-electron chi connectivity index (χ0n) is 14.5. The Labute approximate surface area is 152 Å². The lowest BCUT2D eigenvalue weighted by atomic mass is 9.97. The van der Waals surface area contributed by atoms with Crippen LogP contribution < -0.4 is 9.62 Å².